The van der Waals surface area contributed by atoms with Crippen molar-refractivity contribution in [3.8, 4) is 11.3 Å². The van der Waals surface area contributed by atoms with Crippen LogP contribution in [0.3, 0.4) is 0 Å². The lowest BCUT2D eigenvalue weighted by Gasteiger charge is -2.19. The molecule has 3 aromatic rings. The summed E-state index contributed by atoms with van der Waals surface area (Å²) in [6.45, 7) is 1.83. The first-order valence-corrected chi connectivity index (χ1v) is 9.38. The predicted octanol–water partition coefficient (Wildman–Crippen LogP) is 3.61. The van der Waals surface area contributed by atoms with Gasteiger partial charge in [-0.15, -0.1) is 0 Å². The summed E-state index contributed by atoms with van der Waals surface area (Å²) >= 11 is 6.08. The van der Waals surface area contributed by atoms with E-state index >= 15 is 0 Å². The number of aliphatic hydroxyl groups is 2. The fourth-order valence-corrected chi connectivity index (χ4v) is 4.01. The summed E-state index contributed by atoms with van der Waals surface area (Å²) in [4.78, 5) is 4.16. The fraction of sp³-hybridized carbons (Fsp3) is 0.368. The van der Waals surface area contributed by atoms with Crippen LogP contribution in [0, 0.1) is 5.92 Å². The van der Waals surface area contributed by atoms with E-state index in [1.807, 2.05) is 6.92 Å². The van der Waals surface area contributed by atoms with Crippen LogP contribution < -0.4 is 5.32 Å². The molecule has 0 aliphatic heterocycles. The summed E-state index contributed by atoms with van der Waals surface area (Å²) < 4.78 is 41.8. The summed E-state index contributed by atoms with van der Waals surface area (Å²) in [5.41, 5.74) is -0.752. The van der Waals surface area contributed by atoms with Crippen molar-refractivity contribution in [2.24, 2.45) is 5.92 Å². The van der Waals surface area contributed by atoms with Crippen LogP contribution in [-0.2, 0) is 6.18 Å². The Morgan fingerprint density at radius 3 is 2.62 bits per heavy atom. The van der Waals surface area contributed by atoms with E-state index in [1.54, 1.807) is 6.07 Å². The van der Waals surface area contributed by atoms with Crippen molar-refractivity contribution < 1.29 is 23.4 Å². The molecule has 4 rings (SSSR count). The molecule has 1 aliphatic carbocycles. The van der Waals surface area contributed by atoms with Gasteiger partial charge in [0.1, 0.15) is 11.9 Å². The van der Waals surface area contributed by atoms with Gasteiger partial charge in [-0.2, -0.15) is 22.8 Å². The van der Waals surface area contributed by atoms with Gasteiger partial charge in [-0.3, -0.25) is 0 Å². The minimum Gasteiger partial charge on any atom is -0.390 e. The highest BCUT2D eigenvalue weighted by molar-refractivity contribution is 6.33. The van der Waals surface area contributed by atoms with Crippen LogP contribution in [0.5, 0.6) is 0 Å². The monoisotopic (exact) mass is 426 g/mol. The molecule has 3 N–H and O–H groups in total. The minimum absolute atomic E-state index is 0.0325. The summed E-state index contributed by atoms with van der Waals surface area (Å²) in [5.74, 6) is 0.345. The van der Waals surface area contributed by atoms with Gasteiger partial charge in [-0.05, 0) is 30.5 Å². The predicted molar refractivity (Wildman–Crippen MR) is 102 cm³/mol. The van der Waals surface area contributed by atoms with Crippen LogP contribution in [0.1, 0.15) is 18.9 Å². The second-order valence-electron chi connectivity index (χ2n) is 7.23. The number of alkyl halides is 3. The molecule has 1 fully saturated rings. The molecule has 0 spiro atoms. The summed E-state index contributed by atoms with van der Waals surface area (Å²) in [7, 11) is 0. The molecule has 0 bridgehead atoms. The van der Waals surface area contributed by atoms with E-state index < -0.39 is 30.0 Å². The third-order valence-corrected chi connectivity index (χ3v) is 5.55. The number of anilines is 1. The molecule has 2 aromatic heterocycles. The molecule has 6 nitrogen and oxygen atoms in total. The Hall–Kier alpha value is -2.36. The number of fused-ring (bicyclic) bond motifs is 1. The highest BCUT2D eigenvalue weighted by Gasteiger charge is 2.39. The van der Waals surface area contributed by atoms with Crippen molar-refractivity contribution in [2.45, 2.75) is 37.8 Å². The molecule has 0 saturated heterocycles. The number of halogens is 4. The van der Waals surface area contributed by atoms with Crippen LogP contribution in [0.2, 0.25) is 5.02 Å². The normalized spacial score (nSPS) is 24.9. The van der Waals surface area contributed by atoms with Crippen molar-refractivity contribution in [1.82, 2.24) is 14.6 Å². The number of aromatic nitrogens is 3. The molecule has 1 aliphatic rings. The van der Waals surface area contributed by atoms with E-state index in [0.29, 0.717) is 17.9 Å². The Morgan fingerprint density at radius 1 is 1.21 bits per heavy atom. The number of nitrogens with one attached hydrogen (secondary N) is 1. The molecule has 2 heterocycles. The Labute approximate surface area is 169 Å². The van der Waals surface area contributed by atoms with Gasteiger partial charge in [0.2, 0.25) is 0 Å². The van der Waals surface area contributed by atoms with E-state index in [4.69, 9.17) is 11.6 Å². The summed E-state index contributed by atoms with van der Waals surface area (Å²) in [6.07, 6.45) is -4.39. The number of hydrogen-bond donors (Lipinski definition) is 3. The Kier molecular flexibility index (Phi) is 4.92. The summed E-state index contributed by atoms with van der Waals surface area (Å²) in [5, 5.41) is 27.5. The van der Waals surface area contributed by atoms with Gasteiger partial charge in [-0.25, -0.2) is 4.98 Å². The van der Waals surface area contributed by atoms with Crippen LogP contribution in [0.25, 0.3) is 16.9 Å². The molecular formula is C19H18ClF3N4O2. The van der Waals surface area contributed by atoms with Crippen LogP contribution >= 0.6 is 11.6 Å². The third kappa shape index (κ3) is 3.54. The second kappa shape index (κ2) is 7.16. The maximum absolute atomic E-state index is 13.5. The highest BCUT2D eigenvalue weighted by Crippen LogP contribution is 2.40. The van der Waals surface area contributed by atoms with Crippen molar-refractivity contribution in [1.29, 1.82) is 0 Å². The number of rotatable bonds is 3. The molecule has 10 heteroatoms. The number of nitrogens with zero attached hydrogens (tertiary/aromatic N) is 3. The molecule has 1 aromatic carbocycles. The molecule has 4 atom stereocenters. The van der Waals surface area contributed by atoms with E-state index in [9.17, 15) is 23.4 Å². The van der Waals surface area contributed by atoms with E-state index in [-0.39, 0.29) is 22.2 Å². The molecule has 0 unspecified atom stereocenters. The van der Waals surface area contributed by atoms with Gasteiger partial charge < -0.3 is 15.5 Å². The standard InChI is InChI=1S/C19H18ClF3N4O2/c1-9-7-13(18(29)17(9)28)25-14-5-6-24-15-8-12(26-27(14)15)16-10(19(21,22)23)3-2-4-11(16)20/h2-6,8-9,13,17-18,25,28-29H,7H2,1H3/t9-,13-,17-,18+/m1/s1. The molecule has 1 saturated carbocycles. The second-order valence-corrected chi connectivity index (χ2v) is 7.64. The van der Waals surface area contributed by atoms with Gasteiger partial charge in [0, 0.05) is 17.8 Å². The Balaban J connectivity index is 1.77. The fourth-order valence-electron chi connectivity index (χ4n) is 3.74. The molecule has 0 radical (unpaired) electrons. The van der Waals surface area contributed by atoms with E-state index in [1.165, 1.54) is 28.9 Å². The maximum atomic E-state index is 13.5. The molecule has 154 valence electrons. The van der Waals surface area contributed by atoms with Crippen LogP contribution in [0.15, 0.2) is 36.5 Å². The SMILES string of the molecule is C[C@@H]1C[C@@H](Nc2ccnc3cc(-c4c(Cl)cccc4C(F)(F)F)nn23)[C@H](O)[C@@H]1O. The lowest BCUT2D eigenvalue weighted by atomic mass is 10.0. The van der Waals surface area contributed by atoms with Crippen LogP contribution in [0.4, 0.5) is 19.0 Å². The topological polar surface area (TPSA) is 82.7 Å². The number of benzene rings is 1. The first kappa shape index (κ1) is 19.9. The van der Waals surface area contributed by atoms with Crippen molar-refractivity contribution in [2.75, 3.05) is 5.32 Å². The lowest BCUT2D eigenvalue weighted by Crippen LogP contribution is -2.35. The van der Waals surface area contributed by atoms with E-state index in [0.717, 1.165) is 6.07 Å². The van der Waals surface area contributed by atoms with Crippen molar-refractivity contribution in [3.05, 3.63) is 47.1 Å². The van der Waals surface area contributed by atoms with Crippen molar-refractivity contribution in [3.63, 3.8) is 0 Å². The minimum atomic E-state index is -4.59. The van der Waals surface area contributed by atoms with Gasteiger partial charge in [0.05, 0.1) is 28.4 Å². The average molecular weight is 427 g/mol. The number of hydrogen-bond acceptors (Lipinski definition) is 5. The zero-order valence-corrected chi connectivity index (χ0v) is 16.0. The maximum Gasteiger partial charge on any atom is 0.417 e. The average Bonchev–Trinajstić information content (AvgIpc) is 3.18. The van der Waals surface area contributed by atoms with E-state index in [2.05, 4.69) is 15.4 Å². The largest absolute Gasteiger partial charge is 0.417 e. The van der Waals surface area contributed by atoms with Crippen molar-refractivity contribution >= 4 is 23.1 Å². The highest BCUT2D eigenvalue weighted by atomic mass is 35.5. The Morgan fingerprint density at radius 2 is 1.97 bits per heavy atom. The zero-order valence-electron chi connectivity index (χ0n) is 15.2. The first-order chi connectivity index (χ1) is 13.7. The smallest absolute Gasteiger partial charge is 0.390 e. The third-order valence-electron chi connectivity index (χ3n) is 5.24. The number of aliphatic hydroxyl groups excluding tert-OH is 2. The van der Waals surface area contributed by atoms with Gasteiger partial charge in [-0.1, -0.05) is 24.6 Å². The quantitative estimate of drug-likeness (QED) is 0.596. The van der Waals surface area contributed by atoms with Gasteiger partial charge in [0.25, 0.3) is 0 Å². The summed E-state index contributed by atoms with van der Waals surface area (Å²) in [6, 6.07) is 6.16. The van der Waals surface area contributed by atoms with Crippen LogP contribution in [-0.4, -0.2) is 43.1 Å². The first-order valence-electron chi connectivity index (χ1n) is 9.00. The van der Waals surface area contributed by atoms with Gasteiger partial charge in [0.15, 0.2) is 5.65 Å². The zero-order chi connectivity index (χ0) is 20.9. The molecule has 29 heavy (non-hydrogen) atoms. The molecule has 0 amide bonds. The molecular weight excluding hydrogens is 409 g/mol. The lowest BCUT2D eigenvalue weighted by molar-refractivity contribution is -0.137. The Bertz CT molecular complexity index is 1060. The van der Waals surface area contributed by atoms with Gasteiger partial charge >= 0.3 is 6.18 Å².